The van der Waals surface area contributed by atoms with E-state index in [-0.39, 0.29) is 6.61 Å². The number of carboxylic acids is 1. The Labute approximate surface area is 130 Å². The molecule has 3 heteroatoms. The maximum Gasteiger partial charge on any atom is 0.328 e. The number of hydrogen-bond acceptors (Lipinski definition) is 2. The highest BCUT2D eigenvalue weighted by atomic mass is 16.4. The van der Waals surface area contributed by atoms with Crippen molar-refractivity contribution in [1.82, 2.24) is 0 Å². The molecule has 0 fully saturated rings. The largest absolute Gasteiger partial charge is 0.478 e. The first-order chi connectivity index (χ1) is 10.6. The molecule has 0 spiro atoms. The van der Waals surface area contributed by atoms with E-state index >= 15 is 0 Å². The minimum absolute atomic E-state index is 0.193. The van der Waals surface area contributed by atoms with Crippen molar-refractivity contribution in [2.45, 2.75) is 19.8 Å². The second-order valence-electron chi connectivity index (χ2n) is 5.27. The van der Waals surface area contributed by atoms with Gasteiger partial charge in [0.05, 0.1) is 0 Å². The molecule has 114 valence electrons. The first-order valence-corrected chi connectivity index (χ1v) is 7.32. The number of aliphatic carboxylic acids is 1. The Bertz CT molecular complexity index is 687. The molecule has 0 aromatic heterocycles. The summed E-state index contributed by atoms with van der Waals surface area (Å²) in [5, 5.41) is 17.8. The molecule has 0 aliphatic rings. The zero-order valence-corrected chi connectivity index (χ0v) is 12.6. The van der Waals surface area contributed by atoms with Crippen molar-refractivity contribution < 1.29 is 15.0 Å². The van der Waals surface area contributed by atoms with Gasteiger partial charge >= 0.3 is 5.97 Å². The first-order valence-electron chi connectivity index (χ1n) is 7.32. The molecule has 0 heterocycles. The molecule has 0 atom stereocenters. The van der Waals surface area contributed by atoms with E-state index < -0.39 is 5.97 Å². The van der Waals surface area contributed by atoms with Gasteiger partial charge in [-0.05, 0) is 53.7 Å². The minimum atomic E-state index is -0.936. The lowest BCUT2D eigenvalue weighted by Crippen LogP contribution is -1.91. The van der Waals surface area contributed by atoms with Gasteiger partial charge in [0, 0.05) is 12.7 Å². The summed E-state index contributed by atoms with van der Waals surface area (Å²) in [4.78, 5) is 10.8. The van der Waals surface area contributed by atoms with Gasteiger partial charge in [-0.25, -0.2) is 4.79 Å². The van der Waals surface area contributed by atoms with Crippen molar-refractivity contribution in [3.8, 4) is 11.1 Å². The lowest BCUT2D eigenvalue weighted by Gasteiger charge is -2.08. The molecular weight excluding hydrogens is 276 g/mol. The lowest BCUT2D eigenvalue weighted by atomic mass is 9.97. The highest BCUT2D eigenvalue weighted by Crippen LogP contribution is 2.25. The molecule has 2 aromatic rings. The Morgan fingerprint density at radius 3 is 2.45 bits per heavy atom. The van der Waals surface area contributed by atoms with Crippen molar-refractivity contribution in [2.75, 3.05) is 6.61 Å². The molecule has 2 aromatic carbocycles. The second-order valence-corrected chi connectivity index (χ2v) is 5.27. The average molecular weight is 296 g/mol. The van der Waals surface area contributed by atoms with Gasteiger partial charge in [-0.15, -0.1) is 0 Å². The van der Waals surface area contributed by atoms with Crippen LogP contribution >= 0.6 is 0 Å². The van der Waals surface area contributed by atoms with Gasteiger partial charge in [-0.2, -0.15) is 0 Å². The summed E-state index contributed by atoms with van der Waals surface area (Å²) >= 11 is 0. The van der Waals surface area contributed by atoms with E-state index in [1.807, 2.05) is 36.4 Å². The van der Waals surface area contributed by atoms with Crippen molar-refractivity contribution in [1.29, 1.82) is 0 Å². The number of aliphatic hydroxyl groups is 1. The van der Waals surface area contributed by atoms with E-state index in [9.17, 15) is 4.79 Å². The summed E-state index contributed by atoms with van der Waals surface area (Å²) in [5.41, 5.74) is 4.98. The van der Waals surface area contributed by atoms with E-state index in [1.54, 1.807) is 6.92 Å². The topological polar surface area (TPSA) is 57.5 Å². The van der Waals surface area contributed by atoms with E-state index in [1.165, 1.54) is 11.6 Å². The molecule has 0 unspecified atom stereocenters. The Hall–Kier alpha value is -2.39. The normalized spacial score (nSPS) is 11.5. The Morgan fingerprint density at radius 1 is 1.09 bits per heavy atom. The molecule has 2 rings (SSSR count). The number of hydrogen-bond donors (Lipinski definition) is 2. The van der Waals surface area contributed by atoms with Crippen LogP contribution in [0.1, 0.15) is 24.5 Å². The standard InChI is InChI=1S/C19H20O3/c1-14(11-19(21)22)16-7-3-9-18(13-16)17-8-2-5-15(12-17)6-4-10-20/h2-3,5,7-9,11-13,20H,4,6,10H2,1H3,(H,21,22)/b14-11+. The fraction of sp³-hybridized carbons (Fsp3) is 0.211. The maximum absolute atomic E-state index is 10.8. The van der Waals surface area contributed by atoms with Gasteiger partial charge in [-0.1, -0.05) is 42.5 Å². The van der Waals surface area contributed by atoms with Gasteiger partial charge in [0.1, 0.15) is 0 Å². The van der Waals surface area contributed by atoms with Crippen LogP contribution in [-0.2, 0) is 11.2 Å². The summed E-state index contributed by atoms with van der Waals surface area (Å²) in [6.45, 7) is 1.99. The fourth-order valence-corrected chi connectivity index (χ4v) is 2.40. The Kier molecular flexibility index (Phi) is 5.50. The first kappa shape index (κ1) is 16.0. The smallest absolute Gasteiger partial charge is 0.328 e. The third kappa shape index (κ3) is 4.30. The van der Waals surface area contributed by atoms with E-state index in [0.717, 1.165) is 35.1 Å². The van der Waals surface area contributed by atoms with Crippen molar-refractivity contribution in [3.05, 3.63) is 65.7 Å². The zero-order valence-electron chi connectivity index (χ0n) is 12.6. The summed E-state index contributed by atoms with van der Waals surface area (Å²) < 4.78 is 0. The summed E-state index contributed by atoms with van der Waals surface area (Å²) in [5.74, 6) is -0.936. The van der Waals surface area contributed by atoms with Crippen molar-refractivity contribution in [2.24, 2.45) is 0 Å². The average Bonchev–Trinajstić information content (AvgIpc) is 2.52. The van der Waals surface area contributed by atoms with Crippen molar-refractivity contribution in [3.63, 3.8) is 0 Å². The monoisotopic (exact) mass is 296 g/mol. The quantitative estimate of drug-likeness (QED) is 0.798. The van der Waals surface area contributed by atoms with Gasteiger partial charge in [0.15, 0.2) is 0 Å². The molecule has 0 bridgehead atoms. The van der Waals surface area contributed by atoms with E-state index in [2.05, 4.69) is 12.1 Å². The van der Waals surface area contributed by atoms with Gasteiger partial charge in [0.2, 0.25) is 0 Å². The van der Waals surface area contributed by atoms with Crippen LogP contribution in [0.4, 0.5) is 0 Å². The third-order valence-electron chi connectivity index (χ3n) is 3.54. The molecule has 0 amide bonds. The molecular formula is C19H20O3. The van der Waals surface area contributed by atoms with E-state index in [0.29, 0.717) is 0 Å². The predicted octanol–water partition coefficient (Wildman–Crippen LogP) is 3.77. The molecule has 3 nitrogen and oxygen atoms in total. The predicted molar refractivity (Wildman–Crippen MR) is 88.6 cm³/mol. The summed E-state index contributed by atoms with van der Waals surface area (Å²) in [6.07, 6.45) is 2.82. The number of allylic oxidation sites excluding steroid dienone is 1. The van der Waals surface area contributed by atoms with Crippen LogP contribution in [0.3, 0.4) is 0 Å². The fourth-order valence-electron chi connectivity index (χ4n) is 2.40. The molecule has 2 N–H and O–H groups in total. The SMILES string of the molecule is C/C(=C\C(=O)O)c1cccc(-c2cccc(CCCO)c2)c1. The Morgan fingerprint density at radius 2 is 1.77 bits per heavy atom. The van der Waals surface area contributed by atoms with Crippen LogP contribution < -0.4 is 0 Å². The lowest BCUT2D eigenvalue weighted by molar-refractivity contribution is -0.131. The van der Waals surface area contributed by atoms with Crippen molar-refractivity contribution >= 4 is 11.5 Å². The Balaban J connectivity index is 2.31. The zero-order chi connectivity index (χ0) is 15.9. The van der Waals surface area contributed by atoms with Gasteiger partial charge in [-0.3, -0.25) is 0 Å². The van der Waals surface area contributed by atoms with Gasteiger partial charge < -0.3 is 10.2 Å². The van der Waals surface area contributed by atoms with Crippen LogP contribution in [0.25, 0.3) is 16.7 Å². The van der Waals surface area contributed by atoms with Crippen LogP contribution in [0.5, 0.6) is 0 Å². The number of rotatable bonds is 6. The highest BCUT2D eigenvalue weighted by molar-refractivity contribution is 5.90. The molecule has 0 aliphatic carbocycles. The molecule has 0 aliphatic heterocycles. The number of benzene rings is 2. The highest BCUT2D eigenvalue weighted by Gasteiger charge is 2.03. The van der Waals surface area contributed by atoms with Crippen LogP contribution in [-0.4, -0.2) is 22.8 Å². The minimum Gasteiger partial charge on any atom is -0.478 e. The summed E-state index contributed by atoms with van der Waals surface area (Å²) in [7, 11) is 0. The number of aliphatic hydroxyl groups excluding tert-OH is 1. The van der Waals surface area contributed by atoms with Gasteiger partial charge in [0.25, 0.3) is 0 Å². The summed E-state index contributed by atoms with van der Waals surface area (Å²) in [6, 6.07) is 16.1. The van der Waals surface area contributed by atoms with Crippen LogP contribution in [0, 0.1) is 0 Å². The molecule has 0 saturated heterocycles. The molecule has 0 radical (unpaired) electrons. The number of aryl methyl sites for hydroxylation is 1. The molecule has 0 saturated carbocycles. The number of carboxylic acid groups (broad SMARTS) is 1. The van der Waals surface area contributed by atoms with Crippen LogP contribution in [0.2, 0.25) is 0 Å². The number of carbonyl (C=O) groups is 1. The molecule has 22 heavy (non-hydrogen) atoms. The van der Waals surface area contributed by atoms with E-state index in [4.69, 9.17) is 10.2 Å². The maximum atomic E-state index is 10.8. The second kappa shape index (κ2) is 7.57. The third-order valence-corrected chi connectivity index (χ3v) is 3.54. The van der Waals surface area contributed by atoms with Crippen LogP contribution in [0.15, 0.2) is 54.6 Å².